The van der Waals surface area contributed by atoms with Gasteiger partial charge in [0.25, 0.3) is 0 Å². The molecule has 1 spiro atoms. The molecule has 0 N–H and O–H groups in total. The summed E-state index contributed by atoms with van der Waals surface area (Å²) >= 11 is 0. The first-order chi connectivity index (χ1) is 20.8. The molecular formula is C36H53F5O3SSi. The van der Waals surface area contributed by atoms with Crippen molar-refractivity contribution in [3.05, 3.63) is 64.3 Å². The summed E-state index contributed by atoms with van der Waals surface area (Å²) in [6.07, 6.45) is 5.86. The lowest BCUT2D eigenvalue weighted by Gasteiger charge is -2.46. The molecule has 10 heteroatoms. The van der Waals surface area contributed by atoms with Gasteiger partial charge in [-0.1, -0.05) is 91.2 Å². The molecule has 0 unspecified atom stereocenters. The molecule has 5 rings (SSSR count). The number of hydrogen-bond donors (Lipinski definition) is 0. The number of hydrogen-bond acceptors (Lipinski definition) is 3. The molecule has 1 aromatic rings. The highest BCUT2D eigenvalue weighted by molar-refractivity contribution is 8.45. The molecule has 4 aliphatic rings. The molecule has 0 radical (unpaired) electrons. The first-order valence-corrected chi connectivity index (χ1v) is 21.6. The SMILES string of the molecule is C=C1CC(C)(C)C[C@H](O[Si](C)(C)C(C)(C)C)C1=C1/C(=C(\C)C2CCOCC2)[C@@H](c2ccc(S(F)(F)(F)(F)F)cc2)OC12CCCC2. The fourth-order valence-corrected chi connectivity index (χ4v) is 9.78. The maximum absolute atomic E-state index is 13.7. The number of halogens is 5. The molecule has 2 saturated carbocycles. The quantitative estimate of drug-likeness (QED) is 0.228. The highest BCUT2D eigenvalue weighted by Gasteiger charge is 2.65. The zero-order valence-corrected chi connectivity index (χ0v) is 30.7. The van der Waals surface area contributed by atoms with E-state index in [1.807, 2.05) is 0 Å². The number of benzene rings is 1. The minimum absolute atomic E-state index is 0.0211. The number of rotatable bonds is 5. The molecule has 3 nitrogen and oxygen atoms in total. The van der Waals surface area contributed by atoms with Crippen LogP contribution in [0.2, 0.25) is 18.1 Å². The summed E-state index contributed by atoms with van der Waals surface area (Å²) in [5, 5.41) is -0.0211. The average molecular weight is 689 g/mol. The van der Waals surface area contributed by atoms with Crippen LogP contribution in [0.1, 0.15) is 105 Å². The van der Waals surface area contributed by atoms with Crippen molar-refractivity contribution in [2.75, 3.05) is 13.2 Å². The highest BCUT2D eigenvalue weighted by atomic mass is 32.5. The summed E-state index contributed by atoms with van der Waals surface area (Å²) in [6.45, 7) is 23.8. The van der Waals surface area contributed by atoms with Crippen LogP contribution in [0.3, 0.4) is 0 Å². The minimum atomic E-state index is -9.83. The maximum Gasteiger partial charge on any atom is 0.310 e. The molecule has 4 fully saturated rings. The Kier molecular flexibility index (Phi) is 8.59. The topological polar surface area (TPSA) is 27.7 Å². The standard InChI is InChI=1S/C36H53F5O3SSi/c1-24-22-35(6,7)23-29(44-46(8,9)34(3,4)5)30(24)32-31(25(2)26-16-20-42-21-17-26)33(43-36(32)18-10-11-19-36)27-12-14-28(15-13-27)45(37,38,39,40)41/h12-15,26,29,33H,1,10-11,16-23H2,2-9H3/b31-25-,32-30?/t29-,33+/m0/s1. The van der Waals surface area contributed by atoms with Crippen LogP contribution >= 0.6 is 10.2 Å². The van der Waals surface area contributed by atoms with Crippen molar-refractivity contribution in [3.63, 3.8) is 0 Å². The largest absolute Gasteiger partial charge is 0.410 e. The van der Waals surface area contributed by atoms with E-state index in [1.54, 1.807) is 0 Å². The van der Waals surface area contributed by atoms with Gasteiger partial charge in [-0.05, 0) is 115 Å². The summed E-state index contributed by atoms with van der Waals surface area (Å²) in [5.74, 6) is 0.207. The van der Waals surface area contributed by atoms with Crippen LogP contribution in [-0.2, 0) is 13.9 Å². The van der Waals surface area contributed by atoms with E-state index in [4.69, 9.17) is 13.9 Å². The third kappa shape index (κ3) is 6.98. The molecule has 2 heterocycles. The van der Waals surface area contributed by atoms with E-state index in [9.17, 15) is 19.4 Å². The lowest BCUT2D eigenvalue weighted by Crippen LogP contribution is -2.47. The van der Waals surface area contributed by atoms with Crippen molar-refractivity contribution >= 4 is 18.5 Å². The highest BCUT2D eigenvalue weighted by Crippen LogP contribution is 3.02. The van der Waals surface area contributed by atoms with Crippen molar-refractivity contribution < 1.29 is 33.3 Å². The van der Waals surface area contributed by atoms with Crippen molar-refractivity contribution in [3.8, 4) is 0 Å². The minimum Gasteiger partial charge on any atom is -0.410 e. The van der Waals surface area contributed by atoms with Crippen LogP contribution in [0.5, 0.6) is 0 Å². The van der Waals surface area contributed by atoms with E-state index in [2.05, 4.69) is 61.2 Å². The molecular weight excluding hydrogens is 636 g/mol. The third-order valence-electron chi connectivity index (χ3n) is 11.3. The van der Waals surface area contributed by atoms with E-state index in [0.717, 1.165) is 79.2 Å². The predicted octanol–water partition coefficient (Wildman–Crippen LogP) is 12.5. The summed E-state index contributed by atoms with van der Waals surface area (Å²) in [5.41, 5.74) is 5.11. The van der Waals surface area contributed by atoms with Crippen molar-refractivity contribution in [2.45, 2.75) is 134 Å². The van der Waals surface area contributed by atoms with Crippen molar-refractivity contribution in [1.82, 2.24) is 0 Å². The van der Waals surface area contributed by atoms with Gasteiger partial charge in [-0.2, -0.15) is 0 Å². The Morgan fingerprint density at radius 3 is 2.07 bits per heavy atom. The Morgan fingerprint density at radius 1 is 0.978 bits per heavy atom. The molecule has 0 aromatic heterocycles. The van der Waals surface area contributed by atoms with Crippen LogP contribution in [0.15, 0.2) is 63.6 Å². The molecule has 2 aliphatic heterocycles. The zero-order chi connectivity index (χ0) is 34.2. The Labute approximate surface area is 273 Å². The summed E-state index contributed by atoms with van der Waals surface area (Å²) in [6, 6.07) is 3.43. The van der Waals surface area contributed by atoms with Gasteiger partial charge in [0, 0.05) is 13.2 Å². The molecule has 260 valence electrons. The summed E-state index contributed by atoms with van der Waals surface area (Å²) in [7, 11) is -12.1. The molecule has 0 bridgehead atoms. The number of ether oxygens (including phenoxy) is 2. The monoisotopic (exact) mass is 688 g/mol. The van der Waals surface area contributed by atoms with Crippen LogP contribution in [0, 0.1) is 11.3 Å². The van der Waals surface area contributed by atoms with Crippen LogP contribution < -0.4 is 0 Å². The average Bonchev–Trinajstić information content (AvgIpc) is 3.51. The Bertz CT molecular complexity index is 1430. The molecule has 2 aliphatic carbocycles. The van der Waals surface area contributed by atoms with Gasteiger partial charge in [0.1, 0.15) is 11.0 Å². The van der Waals surface area contributed by atoms with Crippen molar-refractivity contribution in [2.24, 2.45) is 11.3 Å². The molecule has 2 atom stereocenters. The Hall–Kier alpha value is -1.46. The van der Waals surface area contributed by atoms with Gasteiger partial charge in [-0.25, -0.2) is 0 Å². The second-order valence-corrected chi connectivity index (χ2v) is 23.7. The molecule has 2 saturated heterocycles. The lowest BCUT2D eigenvalue weighted by molar-refractivity contribution is -0.0194. The smallest absolute Gasteiger partial charge is 0.310 e. The molecule has 0 amide bonds. The van der Waals surface area contributed by atoms with E-state index >= 15 is 0 Å². The first-order valence-electron chi connectivity index (χ1n) is 16.8. The van der Waals surface area contributed by atoms with Crippen LogP contribution in [0.25, 0.3) is 0 Å². The van der Waals surface area contributed by atoms with Crippen LogP contribution in [0.4, 0.5) is 19.4 Å². The van der Waals surface area contributed by atoms with Gasteiger partial charge in [0.15, 0.2) is 8.32 Å². The lowest BCUT2D eigenvalue weighted by atomic mass is 9.67. The normalized spacial score (nSPS) is 30.4. The second kappa shape index (κ2) is 11.0. The van der Waals surface area contributed by atoms with Crippen molar-refractivity contribution in [1.29, 1.82) is 0 Å². The second-order valence-electron chi connectivity index (χ2n) is 16.5. The van der Waals surface area contributed by atoms with E-state index in [-0.39, 0.29) is 22.5 Å². The summed E-state index contributed by atoms with van der Waals surface area (Å²) < 4.78 is 88.8. The first kappa shape index (κ1) is 35.8. The maximum atomic E-state index is 13.7. The Balaban J connectivity index is 1.76. The number of allylic oxidation sites excluding steroid dienone is 1. The van der Waals surface area contributed by atoms with E-state index in [0.29, 0.717) is 30.9 Å². The third-order valence-corrected chi connectivity index (χ3v) is 16.9. The zero-order valence-electron chi connectivity index (χ0n) is 28.8. The van der Waals surface area contributed by atoms with E-state index in [1.165, 1.54) is 12.1 Å². The summed E-state index contributed by atoms with van der Waals surface area (Å²) in [4.78, 5) is -1.88. The van der Waals surface area contributed by atoms with Gasteiger partial charge >= 0.3 is 10.2 Å². The van der Waals surface area contributed by atoms with Gasteiger partial charge in [0.2, 0.25) is 0 Å². The van der Waals surface area contributed by atoms with Gasteiger partial charge < -0.3 is 13.9 Å². The predicted molar refractivity (Wildman–Crippen MR) is 180 cm³/mol. The van der Waals surface area contributed by atoms with Gasteiger partial charge in [0.05, 0.1) is 11.7 Å². The van der Waals surface area contributed by atoms with Gasteiger partial charge in [-0.15, -0.1) is 0 Å². The molecule has 46 heavy (non-hydrogen) atoms. The van der Waals surface area contributed by atoms with E-state index < -0.39 is 35.1 Å². The van der Waals surface area contributed by atoms with Crippen LogP contribution in [-0.4, -0.2) is 33.2 Å². The Morgan fingerprint density at radius 2 is 1.54 bits per heavy atom. The van der Waals surface area contributed by atoms with Gasteiger partial charge in [-0.3, -0.25) is 0 Å². The molecule has 1 aromatic carbocycles. The fraction of sp³-hybridized carbons (Fsp3) is 0.667. The fourth-order valence-electron chi connectivity index (χ4n) is 7.86.